The maximum Gasteiger partial charge on any atom is 0.263 e. The second-order valence-corrected chi connectivity index (χ2v) is 9.34. The molecule has 1 aromatic heterocycles. The van der Waals surface area contributed by atoms with E-state index in [9.17, 15) is 14.4 Å². The summed E-state index contributed by atoms with van der Waals surface area (Å²) in [5.74, 6) is -0.274. The second kappa shape index (κ2) is 10.7. The van der Waals surface area contributed by atoms with Gasteiger partial charge in [0.15, 0.2) is 5.78 Å². The van der Waals surface area contributed by atoms with Crippen molar-refractivity contribution in [2.75, 3.05) is 18.4 Å². The summed E-state index contributed by atoms with van der Waals surface area (Å²) in [6.45, 7) is 4.69. The van der Waals surface area contributed by atoms with Crippen molar-refractivity contribution < 1.29 is 14.4 Å². The number of benzene rings is 2. The SMILES string of the molecule is CC(=O)c1cccc(NC(=O)C(c2ccccc2)N2CCC(NC(=O)c3scnc3C)CC2)c1. The zero-order valence-electron chi connectivity index (χ0n) is 19.3. The normalized spacial score (nSPS) is 15.5. The third kappa shape index (κ3) is 5.58. The topological polar surface area (TPSA) is 91.4 Å². The molecule has 7 nitrogen and oxygen atoms in total. The van der Waals surface area contributed by atoms with Gasteiger partial charge in [-0.2, -0.15) is 0 Å². The highest BCUT2D eigenvalue weighted by molar-refractivity contribution is 7.11. The Morgan fingerprint density at radius 3 is 2.44 bits per heavy atom. The van der Waals surface area contributed by atoms with E-state index in [1.165, 1.54) is 18.3 Å². The molecular weight excluding hydrogens is 448 g/mol. The highest BCUT2D eigenvalue weighted by Gasteiger charge is 2.32. The molecule has 0 aliphatic carbocycles. The number of anilines is 1. The van der Waals surface area contributed by atoms with Crippen molar-refractivity contribution >= 4 is 34.6 Å². The zero-order chi connectivity index (χ0) is 24.1. The Bertz CT molecular complexity index is 1170. The van der Waals surface area contributed by atoms with Gasteiger partial charge in [0.2, 0.25) is 5.91 Å². The van der Waals surface area contributed by atoms with Gasteiger partial charge in [-0.25, -0.2) is 4.98 Å². The first-order valence-electron chi connectivity index (χ1n) is 11.3. The number of amides is 2. The van der Waals surface area contributed by atoms with Gasteiger partial charge in [-0.3, -0.25) is 19.3 Å². The number of hydrogen-bond acceptors (Lipinski definition) is 6. The number of nitrogens with zero attached hydrogens (tertiary/aromatic N) is 2. The number of hydrogen-bond donors (Lipinski definition) is 2. The van der Waals surface area contributed by atoms with Gasteiger partial charge in [0.1, 0.15) is 10.9 Å². The summed E-state index contributed by atoms with van der Waals surface area (Å²) in [6, 6.07) is 16.3. The van der Waals surface area contributed by atoms with Crippen LogP contribution in [0.4, 0.5) is 5.69 Å². The van der Waals surface area contributed by atoms with Crippen LogP contribution in [0.2, 0.25) is 0 Å². The molecule has 176 valence electrons. The van der Waals surface area contributed by atoms with Gasteiger partial charge in [0, 0.05) is 30.4 Å². The van der Waals surface area contributed by atoms with Gasteiger partial charge in [-0.15, -0.1) is 11.3 Å². The van der Waals surface area contributed by atoms with Gasteiger partial charge in [-0.1, -0.05) is 42.5 Å². The Balaban J connectivity index is 1.45. The third-order valence-electron chi connectivity index (χ3n) is 6.08. The molecule has 34 heavy (non-hydrogen) atoms. The molecule has 1 fully saturated rings. The summed E-state index contributed by atoms with van der Waals surface area (Å²) >= 11 is 1.35. The van der Waals surface area contributed by atoms with Gasteiger partial charge in [0.25, 0.3) is 5.91 Å². The summed E-state index contributed by atoms with van der Waals surface area (Å²) in [6.07, 6.45) is 1.50. The molecule has 2 N–H and O–H groups in total. The lowest BCUT2D eigenvalue weighted by atomic mass is 9.98. The number of aryl methyl sites for hydroxylation is 1. The fraction of sp³-hybridized carbons (Fsp3) is 0.308. The van der Waals surface area contributed by atoms with Crippen LogP contribution < -0.4 is 10.6 Å². The van der Waals surface area contributed by atoms with Crippen LogP contribution in [0.25, 0.3) is 0 Å². The maximum absolute atomic E-state index is 13.4. The molecule has 1 unspecified atom stereocenters. The molecule has 1 aliphatic rings. The van der Waals surface area contributed by atoms with Crippen molar-refractivity contribution in [3.63, 3.8) is 0 Å². The van der Waals surface area contributed by atoms with Crippen molar-refractivity contribution in [3.8, 4) is 0 Å². The number of carbonyl (C=O) groups is 3. The number of piperidine rings is 1. The lowest BCUT2D eigenvalue weighted by Gasteiger charge is -2.37. The number of nitrogens with one attached hydrogen (secondary N) is 2. The van der Waals surface area contributed by atoms with Crippen LogP contribution in [-0.4, -0.2) is 46.6 Å². The smallest absolute Gasteiger partial charge is 0.263 e. The number of Topliss-reactive ketones (excluding diaryl/α,β-unsaturated/α-hetero) is 1. The number of aromatic nitrogens is 1. The molecule has 2 amide bonds. The lowest BCUT2D eigenvalue weighted by molar-refractivity contribution is -0.122. The predicted octanol–water partition coefficient (Wildman–Crippen LogP) is 4.23. The van der Waals surface area contributed by atoms with Gasteiger partial charge < -0.3 is 10.6 Å². The van der Waals surface area contributed by atoms with Crippen LogP contribution in [0, 0.1) is 6.92 Å². The standard InChI is InChI=1S/C26H28N4O3S/c1-17-24(34-16-27-17)26(33)28-21-11-13-30(14-12-21)23(19-7-4-3-5-8-19)25(32)29-22-10-6-9-20(15-22)18(2)31/h3-10,15-16,21,23H,11-14H2,1-2H3,(H,28,33)(H,29,32). The zero-order valence-corrected chi connectivity index (χ0v) is 20.1. The summed E-state index contributed by atoms with van der Waals surface area (Å²) in [5.41, 5.74) is 4.49. The summed E-state index contributed by atoms with van der Waals surface area (Å²) in [5, 5.41) is 6.11. The van der Waals surface area contributed by atoms with E-state index < -0.39 is 6.04 Å². The average Bonchev–Trinajstić information content (AvgIpc) is 3.27. The van der Waals surface area contributed by atoms with Gasteiger partial charge in [-0.05, 0) is 44.4 Å². The van der Waals surface area contributed by atoms with E-state index in [4.69, 9.17) is 0 Å². The fourth-order valence-electron chi connectivity index (χ4n) is 4.26. The van der Waals surface area contributed by atoms with Gasteiger partial charge >= 0.3 is 0 Å². The molecule has 0 saturated carbocycles. The van der Waals surface area contributed by atoms with Crippen molar-refractivity contribution in [3.05, 3.63) is 81.8 Å². The Morgan fingerprint density at radius 1 is 1.06 bits per heavy atom. The van der Waals surface area contributed by atoms with E-state index in [2.05, 4.69) is 20.5 Å². The van der Waals surface area contributed by atoms with E-state index in [-0.39, 0.29) is 23.6 Å². The van der Waals surface area contributed by atoms with Crippen LogP contribution >= 0.6 is 11.3 Å². The van der Waals surface area contributed by atoms with Crippen molar-refractivity contribution in [2.24, 2.45) is 0 Å². The largest absolute Gasteiger partial charge is 0.348 e. The van der Waals surface area contributed by atoms with Crippen LogP contribution in [0.5, 0.6) is 0 Å². The van der Waals surface area contributed by atoms with Crippen LogP contribution in [0.3, 0.4) is 0 Å². The van der Waals surface area contributed by atoms with Crippen LogP contribution in [0.15, 0.2) is 60.1 Å². The minimum atomic E-state index is -0.470. The number of rotatable bonds is 7. The lowest BCUT2D eigenvalue weighted by Crippen LogP contribution is -2.48. The summed E-state index contributed by atoms with van der Waals surface area (Å²) in [7, 11) is 0. The number of likely N-dealkylation sites (tertiary alicyclic amines) is 1. The van der Waals surface area contributed by atoms with Crippen molar-refractivity contribution in [1.29, 1.82) is 0 Å². The number of carbonyl (C=O) groups excluding carboxylic acids is 3. The Labute approximate surface area is 203 Å². The van der Waals surface area contributed by atoms with Crippen LogP contribution in [0.1, 0.15) is 57.1 Å². The molecule has 4 rings (SSSR count). The molecule has 0 radical (unpaired) electrons. The monoisotopic (exact) mass is 476 g/mol. The minimum Gasteiger partial charge on any atom is -0.348 e. The van der Waals surface area contributed by atoms with Crippen molar-refractivity contribution in [2.45, 2.75) is 38.8 Å². The van der Waals surface area contributed by atoms with Crippen LogP contribution in [-0.2, 0) is 4.79 Å². The molecule has 1 atom stereocenters. The molecule has 3 aromatic rings. The van der Waals surface area contributed by atoms with E-state index in [1.807, 2.05) is 37.3 Å². The Morgan fingerprint density at radius 2 is 1.79 bits per heavy atom. The van der Waals surface area contributed by atoms with E-state index in [0.29, 0.717) is 29.2 Å². The Hall–Kier alpha value is -3.36. The summed E-state index contributed by atoms with van der Waals surface area (Å²) < 4.78 is 0. The first-order valence-corrected chi connectivity index (χ1v) is 12.2. The fourth-order valence-corrected chi connectivity index (χ4v) is 4.97. The molecule has 1 saturated heterocycles. The van der Waals surface area contributed by atoms with E-state index in [1.54, 1.807) is 29.8 Å². The molecule has 2 heterocycles. The quantitative estimate of drug-likeness (QED) is 0.498. The highest BCUT2D eigenvalue weighted by atomic mass is 32.1. The minimum absolute atomic E-state index is 0.0478. The first-order chi connectivity index (χ1) is 16.4. The second-order valence-electron chi connectivity index (χ2n) is 8.49. The average molecular weight is 477 g/mol. The molecule has 0 bridgehead atoms. The van der Waals surface area contributed by atoms with E-state index >= 15 is 0 Å². The third-order valence-corrected chi connectivity index (χ3v) is 7.01. The first kappa shape index (κ1) is 23.8. The van der Waals surface area contributed by atoms with Gasteiger partial charge in [0.05, 0.1) is 11.2 Å². The highest BCUT2D eigenvalue weighted by Crippen LogP contribution is 2.27. The number of thiazole rings is 1. The molecule has 2 aromatic carbocycles. The number of ketones is 1. The molecule has 1 aliphatic heterocycles. The summed E-state index contributed by atoms with van der Waals surface area (Å²) in [4.78, 5) is 44.7. The maximum atomic E-state index is 13.4. The predicted molar refractivity (Wildman–Crippen MR) is 133 cm³/mol. The molecule has 0 spiro atoms. The van der Waals surface area contributed by atoms with E-state index in [0.717, 1.165) is 24.1 Å². The molecule has 8 heteroatoms. The molecular formula is C26H28N4O3S. The van der Waals surface area contributed by atoms with Crippen molar-refractivity contribution in [1.82, 2.24) is 15.2 Å². The Kier molecular flexibility index (Phi) is 7.49.